The van der Waals surface area contributed by atoms with Crippen molar-refractivity contribution in [1.82, 2.24) is 0 Å². The molecule has 0 aliphatic heterocycles. The average molecular weight is 440 g/mol. The highest BCUT2D eigenvalue weighted by Crippen LogP contribution is 2.39. The van der Waals surface area contributed by atoms with E-state index in [0.717, 1.165) is 38.2 Å². The van der Waals surface area contributed by atoms with Crippen LogP contribution in [0.15, 0.2) is 102 Å². The van der Waals surface area contributed by atoms with Crippen molar-refractivity contribution in [2.45, 2.75) is 4.90 Å². The van der Waals surface area contributed by atoms with Crippen LogP contribution >= 0.6 is 0 Å². The maximum absolute atomic E-state index is 12.4. The molecule has 0 saturated carbocycles. The summed E-state index contributed by atoms with van der Waals surface area (Å²) >= 11 is 0. The molecule has 5 rings (SSSR count). The summed E-state index contributed by atoms with van der Waals surface area (Å²) in [4.78, 5) is 0.0681. The lowest BCUT2D eigenvalue weighted by atomic mass is 9.91. The molecule has 0 aromatic heterocycles. The minimum Gasteiger partial charge on any atom is -0.497 e. The van der Waals surface area contributed by atoms with E-state index in [4.69, 9.17) is 9.88 Å². The zero-order chi connectivity index (χ0) is 22.3. The van der Waals surface area contributed by atoms with Crippen LogP contribution in [-0.2, 0) is 10.0 Å². The lowest BCUT2D eigenvalue weighted by Gasteiger charge is -2.16. The first-order valence-electron chi connectivity index (χ1n) is 10.2. The van der Waals surface area contributed by atoms with Crippen LogP contribution in [0.3, 0.4) is 0 Å². The molecule has 0 bridgehead atoms. The molecule has 0 aliphatic carbocycles. The van der Waals surface area contributed by atoms with Crippen molar-refractivity contribution in [3.63, 3.8) is 0 Å². The van der Waals surface area contributed by atoms with Crippen LogP contribution in [0.2, 0.25) is 0 Å². The van der Waals surface area contributed by atoms with E-state index in [1.807, 2.05) is 48.5 Å². The second-order valence-electron chi connectivity index (χ2n) is 7.68. The van der Waals surface area contributed by atoms with Crippen LogP contribution in [0, 0.1) is 0 Å². The fourth-order valence-corrected chi connectivity index (χ4v) is 4.99. The maximum Gasteiger partial charge on any atom is 0.238 e. The molecule has 0 spiro atoms. The molecule has 158 valence electrons. The lowest BCUT2D eigenvalue weighted by Crippen LogP contribution is -2.13. The van der Waals surface area contributed by atoms with E-state index in [9.17, 15) is 8.42 Å². The highest BCUT2D eigenvalue weighted by atomic mass is 32.2. The van der Waals surface area contributed by atoms with Crippen molar-refractivity contribution in [2.75, 3.05) is 7.11 Å². The van der Waals surface area contributed by atoms with Crippen LogP contribution in [0.4, 0.5) is 0 Å². The number of ether oxygens (including phenoxy) is 1. The smallest absolute Gasteiger partial charge is 0.238 e. The Kier molecular flexibility index (Phi) is 4.93. The summed E-state index contributed by atoms with van der Waals surface area (Å²) in [6, 6.07) is 31.4. The molecular weight excluding hydrogens is 418 g/mol. The van der Waals surface area contributed by atoms with Crippen LogP contribution in [0.25, 0.3) is 43.8 Å². The second-order valence-corrected chi connectivity index (χ2v) is 9.21. The third-order valence-corrected chi connectivity index (χ3v) is 6.71. The normalized spacial score (nSPS) is 11.7. The van der Waals surface area contributed by atoms with Gasteiger partial charge in [-0.15, -0.1) is 0 Å². The van der Waals surface area contributed by atoms with E-state index in [1.54, 1.807) is 19.2 Å². The minimum absolute atomic E-state index is 0.0681. The fourth-order valence-electron chi connectivity index (χ4n) is 4.26. The molecule has 0 aliphatic rings. The van der Waals surface area contributed by atoms with Gasteiger partial charge in [0.15, 0.2) is 0 Å². The van der Waals surface area contributed by atoms with Gasteiger partial charge in [0.2, 0.25) is 10.0 Å². The first kappa shape index (κ1) is 20.2. The van der Waals surface area contributed by atoms with Crippen LogP contribution in [0.1, 0.15) is 0 Å². The van der Waals surface area contributed by atoms with Crippen molar-refractivity contribution in [3.05, 3.63) is 97.1 Å². The van der Waals surface area contributed by atoms with Crippen LogP contribution < -0.4 is 9.88 Å². The summed E-state index contributed by atoms with van der Waals surface area (Å²) in [6.45, 7) is 0. The van der Waals surface area contributed by atoms with E-state index in [-0.39, 0.29) is 4.90 Å². The van der Waals surface area contributed by atoms with Crippen molar-refractivity contribution >= 4 is 31.6 Å². The molecule has 0 atom stereocenters. The summed E-state index contributed by atoms with van der Waals surface area (Å²) in [6.07, 6.45) is 0. The Morgan fingerprint density at radius 3 is 2.03 bits per heavy atom. The van der Waals surface area contributed by atoms with Crippen molar-refractivity contribution in [1.29, 1.82) is 0 Å². The van der Waals surface area contributed by atoms with E-state index >= 15 is 0 Å². The number of rotatable bonds is 4. The Labute approximate surface area is 186 Å². The molecule has 0 amide bonds. The van der Waals surface area contributed by atoms with Gasteiger partial charge >= 0.3 is 0 Å². The monoisotopic (exact) mass is 439 g/mol. The van der Waals surface area contributed by atoms with E-state index in [1.165, 1.54) is 6.07 Å². The summed E-state index contributed by atoms with van der Waals surface area (Å²) in [7, 11) is -2.39. The van der Waals surface area contributed by atoms with E-state index in [2.05, 4.69) is 30.3 Å². The molecular formula is C27H21NO3S. The Morgan fingerprint density at radius 1 is 0.656 bits per heavy atom. The molecule has 4 nitrogen and oxygen atoms in total. The van der Waals surface area contributed by atoms with Gasteiger partial charge in [0.25, 0.3) is 0 Å². The predicted molar refractivity (Wildman–Crippen MR) is 130 cm³/mol. The minimum atomic E-state index is -3.94. The first-order valence-corrected chi connectivity index (χ1v) is 11.7. The Bertz CT molecular complexity index is 1580. The van der Waals surface area contributed by atoms with Gasteiger partial charge in [-0.3, -0.25) is 0 Å². The van der Waals surface area contributed by atoms with Gasteiger partial charge in [-0.2, -0.15) is 0 Å². The highest BCUT2D eigenvalue weighted by molar-refractivity contribution is 7.89. The van der Waals surface area contributed by atoms with Crippen molar-refractivity contribution < 1.29 is 13.2 Å². The number of fused-ring (bicyclic) bond motifs is 2. The molecule has 0 heterocycles. The Morgan fingerprint density at radius 2 is 1.31 bits per heavy atom. The number of methoxy groups -OCH3 is 1. The van der Waals surface area contributed by atoms with E-state index < -0.39 is 10.0 Å². The van der Waals surface area contributed by atoms with Gasteiger partial charge in [0, 0.05) is 5.56 Å². The molecule has 5 aromatic rings. The van der Waals surface area contributed by atoms with Gasteiger partial charge in [-0.05, 0) is 68.6 Å². The lowest BCUT2D eigenvalue weighted by molar-refractivity contribution is 0.414. The SMILES string of the molecule is COc1ccc(S(N)(=O)=O)c(-c2cc(-c3cccc4ccccc34)cc3ccccc23)c1. The van der Waals surface area contributed by atoms with Gasteiger partial charge < -0.3 is 4.74 Å². The first-order chi connectivity index (χ1) is 15.5. The van der Waals surface area contributed by atoms with Crippen molar-refractivity contribution in [2.24, 2.45) is 5.14 Å². The topological polar surface area (TPSA) is 69.4 Å². The number of benzene rings is 5. The summed E-state index contributed by atoms with van der Waals surface area (Å²) in [5.74, 6) is 0.562. The second kappa shape index (κ2) is 7.79. The largest absolute Gasteiger partial charge is 0.497 e. The van der Waals surface area contributed by atoms with Gasteiger partial charge in [0.05, 0.1) is 12.0 Å². The average Bonchev–Trinajstić information content (AvgIpc) is 2.82. The third kappa shape index (κ3) is 3.51. The molecule has 0 radical (unpaired) electrons. The molecule has 0 unspecified atom stereocenters. The quantitative estimate of drug-likeness (QED) is 0.374. The van der Waals surface area contributed by atoms with Gasteiger partial charge in [-0.1, -0.05) is 66.7 Å². The highest BCUT2D eigenvalue weighted by Gasteiger charge is 2.19. The number of hydrogen-bond donors (Lipinski definition) is 1. The zero-order valence-electron chi connectivity index (χ0n) is 17.4. The Balaban J connectivity index is 1.88. The molecule has 5 heteroatoms. The molecule has 0 saturated heterocycles. The standard InChI is InChI=1S/C27H21NO3S/c1-31-21-13-14-27(32(28,29)30)26(17-21)25-16-20(15-19-8-3-5-11-23(19)25)24-12-6-9-18-7-2-4-10-22(18)24/h2-17H,1H3,(H2,28,29,30). The van der Waals surface area contributed by atoms with Gasteiger partial charge in [0.1, 0.15) is 5.75 Å². The van der Waals surface area contributed by atoms with Gasteiger partial charge in [-0.25, -0.2) is 13.6 Å². The fraction of sp³-hybridized carbons (Fsp3) is 0.0370. The number of hydrogen-bond acceptors (Lipinski definition) is 3. The maximum atomic E-state index is 12.4. The summed E-state index contributed by atoms with van der Waals surface area (Å²) in [5, 5.41) is 9.81. The number of nitrogens with two attached hydrogens (primary N) is 1. The summed E-state index contributed by atoms with van der Waals surface area (Å²) in [5.41, 5.74) is 3.38. The Hall–Kier alpha value is -3.67. The zero-order valence-corrected chi connectivity index (χ0v) is 18.3. The number of primary sulfonamides is 1. The van der Waals surface area contributed by atoms with E-state index in [0.29, 0.717) is 11.3 Å². The third-order valence-electron chi connectivity index (χ3n) is 5.75. The molecule has 2 N–H and O–H groups in total. The molecule has 5 aromatic carbocycles. The predicted octanol–water partition coefficient (Wildman–Crippen LogP) is 5.98. The van der Waals surface area contributed by atoms with Crippen molar-refractivity contribution in [3.8, 4) is 28.0 Å². The number of sulfonamides is 1. The molecule has 0 fully saturated rings. The van der Waals surface area contributed by atoms with Crippen LogP contribution in [-0.4, -0.2) is 15.5 Å². The summed E-state index contributed by atoms with van der Waals surface area (Å²) < 4.78 is 30.3. The molecule has 32 heavy (non-hydrogen) atoms. The van der Waals surface area contributed by atoms with Crippen LogP contribution in [0.5, 0.6) is 5.75 Å².